The Bertz CT molecular complexity index is 21.6. The third-order valence-corrected chi connectivity index (χ3v) is 0.591. The highest BCUT2D eigenvalue weighted by molar-refractivity contribution is 6.18. The summed E-state index contributed by atoms with van der Waals surface area (Å²) in [6.07, 6.45) is 0.861. The molecule has 0 saturated heterocycles. The van der Waals surface area contributed by atoms with E-state index in [4.69, 9.17) is 5.11 Å². The molecule has 0 saturated carbocycles. The molecular weight excluding hydrogens is 61.6 g/mol. The number of hydrogen-bond acceptors (Lipinski definition) is 1. The summed E-state index contributed by atoms with van der Waals surface area (Å²) >= 11 is 0. The Hall–Kier alpha value is 0.0899. The summed E-state index contributed by atoms with van der Waals surface area (Å²) in [6.45, 7) is 0. The van der Waals surface area contributed by atoms with E-state index in [0.29, 0.717) is 0 Å². The van der Waals surface area contributed by atoms with Crippen molar-refractivity contribution in [2.45, 2.75) is 12.3 Å². The second-order valence-corrected chi connectivity index (χ2v) is 1.26. The molecule has 0 aromatic rings. The van der Waals surface area contributed by atoms with Gasteiger partial charge in [0.2, 0.25) is 0 Å². The normalized spacial score (nSPS) is 14.6. The maximum Gasteiger partial charge on any atom is 0.137 e. The summed E-state index contributed by atoms with van der Waals surface area (Å²) in [7, 11) is 3.73. The summed E-state index contributed by atoms with van der Waals surface area (Å²) in [6, 6.07) is -0.116. The zero-order chi connectivity index (χ0) is 4.28. The molecule has 28 valence electrons. The molecule has 0 heterocycles. The van der Waals surface area contributed by atoms with E-state index in [9.17, 15) is 0 Å². The molecule has 0 aliphatic rings. The molecule has 0 amide bonds. The Morgan fingerprint density at radius 1 is 1.80 bits per heavy atom. The fourth-order valence-corrected chi connectivity index (χ4v) is 0. The SMILES string of the molecule is BC[C@@H](B)O. The Labute approximate surface area is 34.2 Å². The van der Waals surface area contributed by atoms with Crippen LogP contribution in [-0.2, 0) is 0 Å². The van der Waals surface area contributed by atoms with E-state index >= 15 is 0 Å². The average molecular weight is 69.7 g/mol. The molecule has 0 fully saturated rings. The fraction of sp³-hybridized carbons (Fsp3) is 1.00. The third kappa shape index (κ3) is 4.09. The molecule has 1 atom stereocenters. The summed E-state index contributed by atoms with van der Waals surface area (Å²) in [5, 5.41) is 8.36. The highest BCUT2D eigenvalue weighted by Crippen LogP contribution is 1.73. The number of aliphatic hydroxyl groups excluding tert-OH is 1. The molecule has 1 N–H and O–H groups in total. The van der Waals surface area contributed by atoms with Crippen molar-refractivity contribution < 1.29 is 5.11 Å². The van der Waals surface area contributed by atoms with Crippen molar-refractivity contribution in [1.29, 1.82) is 0 Å². The minimum Gasteiger partial charge on any atom is -0.403 e. The van der Waals surface area contributed by atoms with Crippen molar-refractivity contribution in [3.05, 3.63) is 0 Å². The van der Waals surface area contributed by atoms with Gasteiger partial charge in [0.25, 0.3) is 0 Å². The molecule has 0 aromatic heterocycles. The fourth-order valence-electron chi connectivity index (χ4n) is 0. The van der Waals surface area contributed by atoms with Gasteiger partial charge in [0.1, 0.15) is 15.7 Å². The Balaban J connectivity index is 2.54. The van der Waals surface area contributed by atoms with Crippen LogP contribution in [0, 0.1) is 0 Å². The van der Waals surface area contributed by atoms with Crippen molar-refractivity contribution >= 4 is 15.7 Å². The van der Waals surface area contributed by atoms with Gasteiger partial charge in [-0.05, 0) is 0 Å². The lowest BCUT2D eigenvalue weighted by Gasteiger charge is -1.90. The van der Waals surface area contributed by atoms with Gasteiger partial charge in [-0.1, -0.05) is 6.32 Å². The van der Waals surface area contributed by atoms with Gasteiger partial charge < -0.3 is 5.11 Å². The van der Waals surface area contributed by atoms with Crippen LogP contribution in [0.3, 0.4) is 0 Å². The predicted molar refractivity (Wildman–Crippen MR) is 27.9 cm³/mol. The van der Waals surface area contributed by atoms with Gasteiger partial charge in [0.05, 0.1) is 0 Å². The molecule has 0 rings (SSSR count). The Morgan fingerprint density at radius 2 is 2.00 bits per heavy atom. The molecule has 5 heavy (non-hydrogen) atoms. The van der Waals surface area contributed by atoms with Gasteiger partial charge in [-0.25, -0.2) is 0 Å². The topological polar surface area (TPSA) is 20.2 Å². The Kier molecular flexibility index (Phi) is 2.38. The number of rotatable bonds is 1. The van der Waals surface area contributed by atoms with Gasteiger partial charge in [-0.2, -0.15) is 0 Å². The monoisotopic (exact) mass is 70.1 g/mol. The standard InChI is InChI=1S/C2H8B2O/c3-1-2(4)5/h2,5H,1,3-4H2/t2-/m0/s1. The first kappa shape index (κ1) is 5.09. The molecule has 0 aliphatic heterocycles. The summed E-state index contributed by atoms with van der Waals surface area (Å²) in [5.74, 6) is 0. The van der Waals surface area contributed by atoms with Crippen LogP contribution in [0.4, 0.5) is 0 Å². The second kappa shape index (κ2) is 2.33. The lowest BCUT2D eigenvalue weighted by atomic mass is 9.87. The van der Waals surface area contributed by atoms with Gasteiger partial charge in [0, 0.05) is 6.00 Å². The van der Waals surface area contributed by atoms with Crippen LogP contribution in [0.2, 0.25) is 6.32 Å². The summed E-state index contributed by atoms with van der Waals surface area (Å²) in [4.78, 5) is 0. The minimum absolute atomic E-state index is 0.116. The largest absolute Gasteiger partial charge is 0.403 e. The number of hydrogen-bond donors (Lipinski definition) is 1. The van der Waals surface area contributed by atoms with Crippen molar-refractivity contribution in [2.24, 2.45) is 0 Å². The lowest BCUT2D eigenvalue weighted by Crippen LogP contribution is -2.01. The van der Waals surface area contributed by atoms with Crippen molar-refractivity contribution in [2.75, 3.05) is 0 Å². The minimum atomic E-state index is -0.116. The highest BCUT2D eigenvalue weighted by atomic mass is 16.3. The maximum absolute atomic E-state index is 8.36. The van der Waals surface area contributed by atoms with Crippen LogP contribution in [0.25, 0.3) is 0 Å². The molecule has 1 nitrogen and oxygen atoms in total. The first-order valence-corrected chi connectivity index (χ1v) is 1.95. The van der Waals surface area contributed by atoms with Crippen molar-refractivity contribution in [1.82, 2.24) is 0 Å². The van der Waals surface area contributed by atoms with Crippen LogP contribution in [-0.4, -0.2) is 26.8 Å². The van der Waals surface area contributed by atoms with E-state index < -0.39 is 0 Å². The first-order chi connectivity index (χ1) is 2.27. The Morgan fingerprint density at radius 3 is 2.00 bits per heavy atom. The molecule has 3 heteroatoms. The molecule has 0 spiro atoms. The van der Waals surface area contributed by atoms with Gasteiger partial charge in [-0.3, -0.25) is 0 Å². The molecule has 0 radical (unpaired) electrons. The van der Waals surface area contributed by atoms with E-state index in [1.54, 1.807) is 7.85 Å². The summed E-state index contributed by atoms with van der Waals surface area (Å²) < 4.78 is 0. The van der Waals surface area contributed by atoms with E-state index in [-0.39, 0.29) is 6.00 Å². The molecular formula is C2H8B2O. The summed E-state index contributed by atoms with van der Waals surface area (Å²) in [5.41, 5.74) is 0. The lowest BCUT2D eigenvalue weighted by molar-refractivity contribution is 0.276. The van der Waals surface area contributed by atoms with Crippen LogP contribution < -0.4 is 0 Å². The quantitative estimate of drug-likeness (QED) is 0.353. The van der Waals surface area contributed by atoms with Crippen molar-refractivity contribution in [3.63, 3.8) is 0 Å². The zero-order valence-corrected chi connectivity index (χ0v) is 3.73. The van der Waals surface area contributed by atoms with Gasteiger partial charge in [-0.15, -0.1) is 0 Å². The van der Waals surface area contributed by atoms with Crippen LogP contribution >= 0.6 is 0 Å². The predicted octanol–water partition coefficient (Wildman–Crippen LogP) is -2.01. The van der Waals surface area contributed by atoms with E-state index in [1.165, 1.54) is 0 Å². The van der Waals surface area contributed by atoms with Gasteiger partial charge in [0.15, 0.2) is 0 Å². The van der Waals surface area contributed by atoms with E-state index in [2.05, 4.69) is 0 Å². The van der Waals surface area contributed by atoms with Crippen LogP contribution in [0.15, 0.2) is 0 Å². The highest BCUT2D eigenvalue weighted by Gasteiger charge is 1.82. The molecule has 0 aliphatic carbocycles. The smallest absolute Gasteiger partial charge is 0.137 e. The second-order valence-electron chi connectivity index (χ2n) is 1.26. The van der Waals surface area contributed by atoms with Crippen molar-refractivity contribution in [3.8, 4) is 0 Å². The third-order valence-electron chi connectivity index (χ3n) is 0.591. The molecule has 0 bridgehead atoms. The average Bonchev–Trinajstić information content (AvgIpc) is 1.38. The zero-order valence-electron chi connectivity index (χ0n) is 3.73. The maximum atomic E-state index is 8.36. The van der Waals surface area contributed by atoms with E-state index in [1.807, 2.05) is 7.85 Å². The first-order valence-electron chi connectivity index (χ1n) is 1.95. The van der Waals surface area contributed by atoms with E-state index in [0.717, 1.165) is 6.32 Å². The van der Waals surface area contributed by atoms with Crippen LogP contribution in [0.1, 0.15) is 0 Å². The molecule has 0 aromatic carbocycles. The van der Waals surface area contributed by atoms with Crippen LogP contribution in [0.5, 0.6) is 0 Å². The van der Waals surface area contributed by atoms with Gasteiger partial charge >= 0.3 is 0 Å². The molecule has 0 unspecified atom stereocenters. The number of aliphatic hydroxyl groups is 1.